The molecular weight excluding hydrogens is 284 g/mol. The Balaban J connectivity index is 1.68. The van der Waals surface area contributed by atoms with Gasteiger partial charge < -0.3 is 18.6 Å². The summed E-state index contributed by atoms with van der Waals surface area (Å²) in [5, 5.41) is 0.583. The van der Waals surface area contributed by atoms with Crippen molar-refractivity contribution in [3.63, 3.8) is 0 Å². The second-order valence-electron chi connectivity index (χ2n) is 5.46. The summed E-state index contributed by atoms with van der Waals surface area (Å²) >= 11 is 0. The van der Waals surface area contributed by atoms with Crippen LogP contribution in [-0.4, -0.2) is 32.5 Å². The van der Waals surface area contributed by atoms with E-state index in [0.29, 0.717) is 43.2 Å². The minimum atomic E-state index is -0.588. The van der Waals surface area contributed by atoms with Crippen LogP contribution in [0.4, 0.5) is 0 Å². The number of epoxide rings is 1. The third-order valence-corrected chi connectivity index (χ3v) is 3.91. The van der Waals surface area contributed by atoms with E-state index in [1.807, 2.05) is 26.0 Å². The topological polar surface area (TPSA) is 61.2 Å². The molecule has 0 saturated carbocycles. The van der Waals surface area contributed by atoms with Gasteiger partial charge in [0.15, 0.2) is 11.0 Å². The van der Waals surface area contributed by atoms with Crippen molar-refractivity contribution < 1.29 is 18.6 Å². The van der Waals surface area contributed by atoms with Crippen LogP contribution in [0.15, 0.2) is 39.5 Å². The summed E-state index contributed by atoms with van der Waals surface area (Å²) in [5.74, 6) is 0.551. The van der Waals surface area contributed by atoms with Crippen LogP contribution in [0.1, 0.15) is 19.6 Å². The lowest BCUT2D eigenvalue weighted by Crippen LogP contribution is -2.16. The fourth-order valence-corrected chi connectivity index (χ4v) is 2.47. The van der Waals surface area contributed by atoms with E-state index in [4.69, 9.17) is 18.6 Å². The largest absolute Gasteiger partial charge is 0.458 e. The van der Waals surface area contributed by atoms with Gasteiger partial charge in [0, 0.05) is 12.7 Å². The Kier molecular flexibility index (Phi) is 4.29. The summed E-state index contributed by atoms with van der Waals surface area (Å²) in [6.45, 7) is 6.11. The molecule has 2 heterocycles. The molecule has 1 saturated heterocycles. The minimum Gasteiger partial charge on any atom is -0.458 e. The smallest absolute Gasteiger partial charge is 0.193 e. The molecule has 1 aliphatic heterocycles. The first kappa shape index (κ1) is 15.2. The molecule has 118 valence electrons. The van der Waals surface area contributed by atoms with Crippen LogP contribution in [0.5, 0.6) is 0 Å². The van der Waals surface area contributed by atoms with E-state index in [0.717, 1.165) is 0 Å². The Labute approximate surface area is 128 Å². The summed E-state index contributed by atoms with van der Waals surface area (Å²) in [4.78, 5) is 12.1. The molecule has 2 aromatic rings. The first-order valence-electron chi connectivity index (χ1n) is 7.52. The third kappa shape index (κ3) is 2.92. The molecule has 5 heteroatoms. The highest BCUT2D eigenvalue weighted by molar-refractivity contribution is 5.76. The van der Waals surface area contributed by atoms with Crippen molar-refractivity contribution in [3.8, 4) is 0 Å². The number of ether oxygens (including phenoxy) is 3. The van der Waals surface area contributed by atoms with Crippen molar-refractivity contribution in [2.45, 2.75) is 25.6 Å². The van der Waals surface area contributed by atoms with Crippen molar-refractivity contribution in [2.24, 2.45) is 0 Å². The molecule has 0 amide bonds. The first-order valence-corrected chi connectivity index (χ1v) is 7.52. The van der Waals surface area contributed by atoms with Gasteiger partial charge in [-0.1, -0.05) is 12.1 Å². The molecule has 0 unspecified atom stereocenters. The molecule has 1 aliphatic rings. The molecule has 1 fully saturated rings. The van der Waals surface area contributed by atoms with Crippen molar-refractivity contribution in [3.05, 3.63) is 46.3 Å². The van der Waals surface area contributed by atoms with E-state index >= 15 is 0 Å². The molecule has 1 aromatic carbocycles. The predicted octanol–water partition coefficient (Wildman–Crippen LogP) is 2.46. The molecule has 0 bridgehead atoms. The summed E-state index contributed by atoms with van der Waals surface area (Å²) in [6.07, 6.45) is -0.0987. The maximum Gasteiger partial charge on any atom is 0.193 e. The molecule has 1 aromatic heterocycles. The van der Waals surface area contributed by atoms with E-state index in [-0.39, 0.29) is 11.5 Å². The maximum atomic E-state index is 12.1. The van der Waals surface area contributed by atoms with Gasteiger partial charge in [-0.15, -0.1) is 0 Å². The summed E-state index contributed by atoms with van der Waals surface area (Å²) in [7, 11) is 0. The van der Waals surface area contributed by atoms with Crippen LogP contribution in [0.2, 0.25) is 0 Å². The lowest BCUT2D eigenvalue weighted by atomic mass is 10.0. The predicted molar refractivity (Wildman–Crippen MR) is 82.0 cm³/mol. The zero-order chi connectivity index (χ0) is 15.6. The van der Waals surface area contributed by atoms with Crippen LogP contribution in [0.25, 0.3) is 11.0 Å². The molecule has 2 atom stereocenters. The molecule has 5 nitrogen and oxygen atoms in total. The quantitative estimate of drug-likeness (QED) is 0.581. The Morgan fingerprint density at radius 2 is 2.00 bits per heavy atom. The second-order valence-corrected chi connectivity index (χ2v) is 5.46. The average molecular weight is 304 g/mol. The zero-order valence-corrected chi connectivity index (χ0v) is 12.8. The van der Waals surface area contributed by atoms with Gasteiger partial charge in [-0.25, -0.2) is 0 Å². The maximum absolute atomic E-state index is 12.1. The van der Waals surface area contributed by atoms with E-state index < -0.39 is 5.60 Å². The van der Waals surface area contributed by atoms with Crippen LogP contribution >= 0.6 is 0 Å². The fourth-order valence-electron chi connectivity index (χ4n) is 2.47. The van der Waals surface area contributed by atoms with E-state index in [1.165, 1.54) is 6.07 Å². The normalized spacial score (nSPS) is 23.8. The van der Waals surface area contributed by atoms with Crippen molar-refractivity contribution in [1.29, 1.82) is 0 Å². The van der Waals surface area contributed by atoms with Gasteiger partial charge in [0.2, 0.25) is 0 Å². The monoisotopic (exact) mass is 304 g/mol. The molecule has 22 heavy (non-hydrogen) atoms. The number of hydrogen-bond acceptors (Lipinski definition) is 5. The summed E-state index contributed by atoms with van der Waals surface area (Å²) in [5.41, 5.74) is -0.0586. The molecule has 0 aliphatic carbocycles. The SMILES string of the molecule is CCOCCOC[C@@H]1O[C@@]1(C)c1cc(=O)c2ccccc2o1. The lowest BCUT2D eigenvalue weighted by Gasteiger charge is -2.07. The highest BCUT2D eigenvalue weighted by Gasteiger charge is 2.56. The van der Waals surface area contributed by atoms with Crippen molar-refractivity contribution >= 4 is 11.0 Å². The van der Waals surface area contributed by atoms with Gasteiger partial charge in [-0.2, -0.15) is 0 Å². The molecule has 0 spiro atoms. The van der Waals surface area contributed by atoms with Gasteiger partial charge in [-0.3, -0.25) is 4.79 Å². The molecule has 3 rings (SSSR count). The standard InChI is InChI=1S/C17H20O5/c1-3-19-8-9-20-11-16-17(2,22-16)15-10-13(18)12-6-4-5-7-14(12)21-15/h4-7,10,16H,3,8-9,11H2,1-2H3/t16-,17-/m0/s1. The van der Waals surface area contributed by atoms with E-state index in [2.05, 4.69) is 0 Å². The number of para-hydroxylation sites is 1. The zero-order valence-electron chi connectivity index (χ0n) is 12.8. The number of rotatable bonds is 7. The Hall–Kier alpha value is -1.69. The van der Waals surface area contributed by atoms with Gasteiger partial charge in [-0.05, 0) is 26.0 Å². The Bertz CT molecular complexity index is 708. The van der Waals surface area contributed by atoms with Crippen LogP contribution in [0, 0.1) is 0 Å². The lowest BCUT2D eigenvalue weighted by molar-refractivity contribution is 0.0464. The Morgan fingerprint density at radius 3 is 2.82 bits per heavy atom. The van der Waals surface area contributed by atoms with E-state index in [9.17, 15) is 4.79 Å². The van der Waals surface area contributed by atoms with Crippen LogP contribution in [-0.2, 0) is 19.8 Å². The summed E-state index contributed by atoms with van der Waals surface area (Å²) in [6, 6.07) is 8.74. The van der Waals surface area contributed by atoms with Crippen LogP contribution in [0.3, 0.4) is 0 Å². The van der Waals surface area contributed by atoms with Crippen molar-refractivity contribution in [2.75, 3.05) is 26.4 Å². The highest BCUT2D eigenvalue weighted by atomic mass is 16.6. The first-order chi connectivity index (χ1) is 10.6. The molecule has 0 radical (unpaired) electrons. The molecule has 0 N–H and O–H groups in total. The fraction of sp³-hybridized carbons (Fsp3) is 0.471. The van der Waals surface area contributed by atoms with Gasteiger partial charge in [0.25, 0.3) is 0 Å². The number of benzene rings is 1. The highest BCUT2D eigenvalue weighted by Crippen LogP contribution is 2.46. The summed E-state index contributed by atoms with van der Waals surface area (Å²) < 4.78 is 22.3. The van der Waals surface area contributed by atoms with Gasteiger partial charge in [0.1, 0.15) is 17.4 Å². The van der Waals surface area contributed by atoms with Gasteiger partial charge in [0.05, 0.1) is 25.2 Å². The minimum absolute atomic E-state index is 0.0513. The number of fused-ring (bicyclic) bond motifs is 1. The van der Waals surface area contributed by atoms with Crippen LogP contribution < -0.4 is 5.43 Å². The van der Waals surface area contributed by atoms with Gasteiger partial charge >= 0.3 is 0 Å². The molecular formula is C17H20O5. The Morgan fingerprint density at radius 1 is 1.23 bits per heavy atom. The second kappa shape index (κ2) is 6.20. The number of hydrogen-bond donors (Lipinski definition) is 0. The average Bonchev–Trinajstić information content (AvgIpc) is 3.19. The van der Waals surface area contributed by atoms with E-state index in [1.54, 1.807) is 12.1 Å². The third-order valence-electron chi connectivity index (χ3n) is 3.91. The van der Waals surface area contributed by atoms with Crippen molar-refractivity contribution in [1.82, 2.24) is 0 Å².